The number of halogens is 1. The van der Waals surface area contributed by atoms with Crippen LogP contribution in [0.3, 0.4) is 0 Å². The third-order valence-corrected chi connectivity index (χ3v) is 4.89. The van der Waals surface area contributed by atoms with Crippen molar-refractivity contribution in [3.63, 3.8) is 0 Å². The van der Waals surface area contributed by atoms with Gasteiger partial charge in [-0.1, -0.05) is 12.1 Å². The van der Waals surface area contributed by atoms with Gasteiger partial charge in [-0.05, 0) is 89.1 Å². The van der Waals surface area contributed by atoms with Crippen LogP contribution in [0.15, 0.2) is 82.4 Å². The standard InChI is InChI=1S/C24H20BrN3O5/c1-2-32-18-13-9-17(10-14-18)27-22(29)23(30)28-26-15-16-7-11-19(12-8-16)33-24(31)20-5-3-4-6-21(20)25/h3-15H,2H2,1H3,(H,27,29)(H,28,30)/b26-15-. The van der Waals surface area contributed by atoms with Crippen LogP contribution in [0.1, 0.15) is 22.8 Å². The molecule has 0 atom stereocenters. The Bertz CT molecular complexity index is 1160. The zero-order valence-electron chi connectivity index (χ0n) is 17.6. The van der Waals surface area contributed by atoms with Gasteiger partial charge >= 0.3 is 17.8 Å². The lowest BCUT2D eigenvalue weighted by molar-refractivity contribution is -0.136. The average molecular weight is 510 g/mol. The Balaban J connectivity index is 1.49. The van der Waals surface area contributed by atoms with Crippen molar-refractivity contribution in [1.82, 2.24) is 5.43 Å². The Hall–Kier alpha value is -3.98. The molecule has 0 heterocycles. The largest absolute Gasteiger partial charge is 0.494 e. The second kappa shape index (κ2) is 11.6. The summed E-state index contributed by atoms with van der Waals surface area (Å²) in [4.78, 5) is 36.1. The third-order valence-electron chi connectivity index (χ3n) is 4.19. The highest BCUT2D eigenvalue weighted by atomic mass is 79.9. The van der Waals surface area contributed by atoms with Gasteiger partial charge in [0.1, 0.15) is 11.5 Å². The molecule has 3 aromatic rings. The molecule has 0 aliphatic carbocycles. The number of rotatable bonds is 7. The number of carbonyl (C=O) groups excluding carboxylic acids is 3. The molecule has 0 radical (unpaired) electrons. The minimum absolute atomic E-state index is 0.353. The van der Waals surface area contributed by atoms with E-state index >= 15 is 0 Å². The van der Waals surface area contributed by atoms with Crippen molar-refractivity contribution < 1.29 is 23.9 Å². The number of amides is 2. The van der Waals surface area contributed by atoms with E-state index < -0.39 is 17.8 Å². The summed E-state index contributed by atoms with van der Waals surface area (Å²) in [5.74, 6) is -1.25. The van der Waals surface area contributed by atoms with Crippen molar-refractivity contribution in [2.24, 2.45) is 5.10 Å². The van der Waals surface area contributed by atoms with Crippen molar-refractivity contribution in [1.29, 1.82) is 0 Å². The molecular formula is C24H20BrN3O5. The van der Waals surface area contributed by atoms with E-state index in [0.29, 0.717) is 39.4 Å². The van der Waals surface area contributed by atoms with Gasteiger partial charge in [-0.2, -0.15) is 5.10 Å². The smallest absolute Gasteiger partial charge is 0.344 e. The Kier molecular flexibility index (Phi) is 8.31. The van der Waals surface area contributed by atoms with Crippen LogP contribution < -0.4 is 20.2 Å². The van der Waals surface area contributed by atoms with Gasteiger partial charge in [0, 0.05) is 10.2 Å². The average Bonchev–Trinajstić information content (AvgIpc) is 2.81. The van der Waals surface area contributed by atoms with Crippen LogP contribution in [0.5, 0.6) is 11.5 Å². The van der Waals surface area contributed by atoms with Crippen LogP contribution in [-0.4, -0.2) is 30.6 Å². The van der Waals surface area contributed by atoms with E-state index in [4.69, 9.17) is 9.47 Å². The summed E-state index contributed by atoms with van der Waals surface area (Å²) in [6.45, 7) is 2.40. The first kappa shape index (κ1) is 23.7. The lowest BCUT2D eigenvalue weighted by atomic mass is 10.2. The lowest BCUT2D eigenvalue weighted by Gasteiger charge is -2.06. The number of hydrogen-bond acceptors (Lipinski definition) is 6. The van der Waals surface area contributed by atoms with Gasteiger partial charge in [-0.3, -0.25) is 9.59 Å². The van der Waals surface area contributed by atoms with Crippen LogP contribution in [0, 0.1) is 0 Å². The van der Waals surface area contributed by atoms with Gasteiger partial charge in [0.2, 0.25) is 0 Å². The minimum Gasteiger partial charge on any atom is -0.494 e. The fourth-order valence-corrected chi connectivity index (χ4v) is 3.06. The first-order valence-electron chi connectivity index (χ1n) is 9.90. The maximum absolute atomic E-state index is 12.2. The molecule has 0 fully saturated rings. The monoisotopic (exact) mass is 509 g/mol. The molecule has 0 aromatic heterocycles. The summed E-state index contributed by atoms with van der Waals surface area (Å²) in [6.07, 6.45) is 1.36. The Labute approximate surface area is 198 Å². The van der Waals surface area contributed by atoms with E-state index in [-0.39, 0.29) is 0 Å². The molecule has 0 saturated heterocycles. The number of carbonyl (C=O) groups is 3. The molecule has 0 aliphatic heterocycles. The van der Waals surface area contributed by atoms with Gasteiger partial charge in [0.05, 0.1) is 18.4 Å². The molecule has 33 heavy (non-hydrogen) atoms. The number of ether oxygens (including phenoxy) is 2. The van der Waals surface area contributed by atoms with Gasteiger partial charge < -0.3 is 14.8 Å². The van der Waals surface area contributed by atoms with Crippen molar-refractivity contribution in [3.05, 3.63) is 88.4 Å². The zero-order chi connectivity index (χ0) is 23.6. The van der Waals surface area contributed by atoms with E-state index in [9.17, 15) is 14.4 Å². The van der Waals surface area contributed by atoms with E-state index in [1.807, 2.05) is 6.92 Å². The van der Waals surface area contributed by atoms with Gasteiger partial charge in [-0.15, -0.1) is 0 Å². The number of esters is 1. The molecule has 0 saturated carbocycles. The predicted molar refractivity (Wildman–Crippen MR) is 128 cm³/mol. The number of nitrogens with one attached hydrogen (secondary N) is 2. The van der Waals surface area contributed by atoms with Crippen LogP contribution >= 0.6 is 15.9 Å². The SMILES string of the molecule is CCOc1ccc(NC(=O)C(=O)N/N=C\c2ccc(OC(=O)c3ccccc3Br)cc2)cc1. The second-order valence-electron chi connectivity index (χ2n) is 6.55. The molecule has 0 unspecified atom stereocenters. The topological polar surface area (TPSA) is 106 Å². The fraction of sp³-hybridized carbons (Fsp3) is 0.0833. The van der Waals surface area contributed by atoms with Crippen LogP contribution in [0.2, 0.25) is 0 Å². The third kappa shape index (κ3) is 7.01. The summed E-state index contributed by atoms with van der Waals surface area (Å²) in [7, 11) is 0. The molecule has 2 N–H and O–H groups in total. The van der Waals surface area contributed by atoms with Gasteiger partial charge in [0.25, 0.3) is 0 Å². The van der Waals surface area contributed by atoms with Crippen LogP contribution in [0.4, 0.5) is 5.69 Å². The summed E-state index contributed by atoms with van der Waals surface area (Å²) in [6, 6.07) is 20.1. The van der Waals surface area contributed by atoms with Gasteiger partial charge in [-0.25, -0.2) is 10.2 Å². The number of hydrogen-bond donors (Lipinski definition) is 2. The van der Waals surface area contributed by atoms with Crippen molar-refractivity contribution in [3.8, 4) is 11.5 Å². The van der Waals surface area contributed by atoms with E-state index in [0.717, 1.165) is 0 Å². The van der Waals surface area contributed by atoms with Gasteiger partial charge in [0.15, 0.2) is 0 Å². The Morgan fingerprint density at radius 3 is 2.24 bits per heavy atom. The van der Waals surface area contributed by atoms with Crippen LogP contribution in [-0.2, 0) is 9.59 Å². The number of hydrazone groups is 1. The molecule has 3 aromatic carbocycles. The Morgan fingerprint density at radius 2 is 1.58 bits per heavy atom. The number of anilines is 1. The summed E-state index contributed by atoms with van der Waals surface area (Å²) >= 11 is 3.31. The summed E-state index contributed by atoms with van der Waals surface area (Å²) in [5.41, 5.74) is 3.65. The lowest BCUT2D eigenvalue weighted by Crippen LogP contribution is -2.32. The van der Waals surface area contributed by atoms with E-state index in [1.54, 1.807) is 72.8 Å². The molecule has 8 nitrogen and oxygen atoms in total. The highest BCUT2D eigenvalue weighted by Gasteiger charge is 2.13. The number of benzene rings is 3. The van der Waals surface area contributed by atoms with Crippen molar-refractivity contribution in [2.75, 3.05) is 11.9 Å². The quantitative estimate of drug-likeness (QED) is 0.163. The highest BCUT2D eigenvalue weighted by Crippen LogP contribution is 2.19. The minimum atomic E-state index is -0.917. The molecule has 2 amide bonds. The first-order chi connectivity index (χ1) is 16.0. The zero-order valence-corrected chi connectivity index (χ0v) is 19.2. The molecule has 3 rings (SSSR count). The van der Waals surface area contributed by atoms with E-state index in [2.05, 4.69) is 31.8 Å². The van der Waals surface area contributed by atoms with Crippen LogP contribution in [0.25, 0.3) is 0 Å². The van der Waals surface area contributed by atoms with E-state index in [1.165, 1.54) is 6.21 Å². The predicted octanol–water partition coefficient (Wildman–Crippen LogP) is 4.16. The first-order valence-corrected chi connectivity index (χ1v) is 10.7. The maximum atomic E-state index is 12.2. The fourth-order valence-electron chi connectivity index (χ4n) is 2.62. The summed E-state index contributed by atoms with van der Waals surface area (Å²) < 4.78 is 11.3. The highest BCUT2D eigenvalue weighted by molar-refractivity contribution is 9.10. The van der Waals surface area contributed by atoms with Crippen molar-refractivity contribution in [2.45, 2.75) is 6.92 Å². The summed E-state index contributed by atoms with van der Waals surface area (Å²) in [5, 5.41) is 6.24. The molecule has 9 heteroatoms. The normalized spacial score (nSPS) is 10.5. The molecule has 0 bridgehead atoms. The number of nitrogens with zero attached hydrogens (tertiary/aromatic N) is 1. The van der Waals surface area contributed by atoms with Crippen molar-refractivity contribution >= 4 is 45.6 Å². The Morgan fingerprint density at radius 1 is 0.909 bits per heavy atom. The second-order valence-corrected chi connectivity index (χ2v) is 7.40. The molecular weight excluding hydrogens is 490 g/mol. The molecule has 0 spiro atoms. The maximum Gasteiger partial charge on any atom is 0.344 e. The molecule has 0 aliphatic rings. The molecule has 168 valence electrons.